The van der Waals surface area contributed by atoms with Crippen molar-refractivity contribution in [3.63, 3.8) is 0 Å². The molecule has 0 aromatic heterocycles. The van der Waals surface area contributed by atoms with E-state index in [0.717, 1.165) is 51.9 Å². The van der Waals surface area contributed by atoms with Crippen LogP contribution in [-0.4, -0.2) is 69.6 Å². The van der Waals surface area contributed by atoms with Gasteiger partial charge in [-0.3, -0.25) is 14.4 Å². The summed E-state index contributed by atoms with van der Waals surface area (Å²) >= 11 is 6.01. The van der Waals surface area contributed by atoms with Gasteiger partial charge in [0.1, 0.15) is 0 Å². The molecule has 31 heavy (non-hydrogen) atoms. The van der Waals surface area contributed by atoms with Crippen LogP contribution in [0.15, 0.2) is 48.5 Å². The van der Waals surface area contributed by atoms with E-state index < -0.39 is 10.0 Å². The first-order valence-corrected chi connectivity index (χ1v) is 12.6. The topological polar surface area (TPSA) is 81.7 Å². The van der Waals surface area contributed by atoms with Crippen molar-refractivity contribution in [2.45, 2.75) is 13.0 Å². The Morgan fingerprint density at radius 1 is 1.03 bits per heavy atom. The molecule has 1 aliphatic rings. The number of sulfonamides is 1. The van der Waals surface area contributed by atoms with Gasteiger partial charge in [-0.25, -0.2) is 8.42 Å². The Morgan fingerprint density at radius 3 is 2.39 bits per heavy atom. The van der Waals surface area contributed by atoms with Crippen LogP contribution in [0.2, 0.25) is 5.02 Å². The molecule has 0 spiro atoms. The molecule has 1 heterocycles. The highest BCUT2D eigenvalue weighted by atomic mass is 35.5. The molecule has 1 saturated heterocycles. The molecule has 0 atom stereocenters. The number of carbonyl (C=O) groups is 1. The lowest BCUT2D eigenvalue weighted by Crippen LogP contribution is -2.46. The first kappa shape index (κ1) is 23.5. The Bertz CT molecular complexity index is 978. The quantitative estimate of drug-likeness (QED) is 0.557. The second-order valence-corrected chi connectivity index (χ2v) is 9.94. The van der Waals surface area contributed by atoms with Gasteiger partial charge in [-0.05, 0) is 36.7 Å². The molecule has 1 aliphatic heterocycles. The Hall–Kier alpha value is -2.13. The van der Waals surface area contributed by atoms with Crippen molar-refractivity contribution >= 4 is 33.2 Å². The fourth-order valence-electron chi connectivity index (χ4n) is 3.56. The number of amides is 1. The predicted molar refractivity (Wildman–Crippen MR) is 125 cm³/mol. The van der Waals surface area contributed by atoms with Gasteiger partial charge in [0.2, 0.25) is 10.0 Å². The standard InChI is InChI=1S/C22H29ClN4O3S/c1-31(29,30)25-21-16-19(8-9-20(21)23)22(28)24-10-5-11-26-12-14-27(15-13-26)17-18-6-3-2-4-7-18/h2-4,6-9,16,25H,5,10-15,17H2,1H3,(H,24,28). The lowest BCUT2D eigenvalue weighted by atomic mass is 10.2. The van der Waals surface area contributed by atoms with Crippen molar-refractivity contribution < 1.29 is 13.2 Å². The Morgan fingerprint density at radius 2 is 1.71 bits per heavy atom. The van der Waals surface area contributed by atoms with Crippen molar-refractivity contribution in [2.75, 3.05) is 50.2 Å². The number of carbonyl (C=O) groups excluding carboxylic acids is 1. The summed E-state index contributed by atoms with van der Waals surface area (Å²) in [5.41, 5.74) is 1.91. The van der Waals surface area contributed by atoms with Crippen molar-refractivity contribution in [3.05, 3.63) is 64.7 Å². The van der Waals surface area contributed by atoms with Gasteiger partial charge in [0, 0.05) is 44.8 Å². The highest BCUT2D eigenvalue weighted by molar-refractivity contribution is 7.92. The van der Waals surface area contributed by atoms with Gasteiger partial charge in [-0.1, -0.05) is 41.9 Å². The summed E-state index contributed by atoms with van der Waals surface area (Å²) in [7, 11) is -3.47. The fourth-order valence-corrected chi connectivity index (χ4v) is 4.35. The maximum atomic E-state index is 12.4. The number of piperazine rings is 1. The summed E-state index contributed by atoms with van der Waals surface area (Å²) in [5.74, 6) is -0.249. The summed E-state index contributed by atoms with van der Waals surface area (Å²) in [6, 6.07) is 15.1. The minimum Gasteiger partial charge on any atom is -0.352 e. The second kappa shape index (κ2) is 10.9. The highest BCUT2D eigenvalue weighted by Gasteiger charge is 2.17. The Labute approximate surface area is 189 Å². The number of hydrogen-bond donors (Lipinski definition) is 2. The molecule has 0 aliphatic carbocycles. The van der Waals surface area contributed by atoms with Crippen LogP contribution >= 0.6 is 11.6 Å². The number of nitrogens with one attached hydrogen (secondary N) is 2. The minimum absolute atomic E-state index is 0.199. The zero-order chi connectivity index (χ0) is 22.3. The van der Waals surface area contributed by atoms with Gasteiger partial charge in [-0.15, -0.1) is 0 Å². The average molecular weight is 465 g/mol. The van der Waals surface area contributed by atoms with Gasteiger partial charge in [0.15, 0.2) is 0 Å². The van der Waals surface area contributed by atoms with E-state index in [0.29, 0.717) is 12.1 Å². The number of hydrogen-bond acceptors (Lipinski definition) is 5. The van der Waals surface area contributed by atoms with Gasteiger partial charge in [0.05, 0.1) is 17.0 Å². The second-order valence-electron chi connectivity index (χ2n) is 7.78. The highest BCUT2D eigenvalue weighted by Crippen LogP contribution is 2.23. The third kappa shape index (κ3) is 7.81. The lowest BCUT2D eigenvalue weighted by Gasteiger charge is -2.34. The van der Waals surface area contributed by atoms with Crippen LogP contribution in [0, 0.1) is 0 Å². The molecule has 9 heteroatoms. The Balaban J connectivity index is 1.37. The molecule has 0 saturated carbocycles. The third-order valence-corrected chi connectivity index (χ3v) is 6.09. The zero-order valence-corrected chi connectivity index (χ0v) is 19.3. The summed E-state index contributed by atoms with van der Waals surface area (Å²) in [5, 5.41) is 3.14. The molecule has 168 valence electrons. The molecule has 1 fully saturated rings. The van der Waals surface area contributed by atoms with Crippen LogP contribution in [0.5, 0.6) is 0 Å². The predicted octanol–water partition coefficient (Wildman–Crippen LogP) is 2.65. The van der Waals surface area contributed by atoms with Gasteiger partial charge >= 0.3 is 0 Å². The summed E-state index contributed by atoms with van der Waals surface area (Å²) < 4.78 is 25.2. The molecule has 0 bridgehead atoms. The average Bonchev–Trinajstić information content (AvgIpc) is 2.73. The van der Waals surface area contributed by atoms with E-state index in [1.807, 2.05) is 6.07 Å². The summed E-state index contributed by atoms with van der Waals surface area (Å²) in [6.45, 7) is 6.62. The van der Waals surface area contributed by atoms with Crippen LogP contribution in [0.1, 0.15) is 22.3 Å². The molecule has 2 aromatic carbocycles. The largest absolute Gasteiger partial charge is 0.352 e. The third-order valence-electron chi connectivity index (χ3n) is 5.17. The van der Waals surface area contributed by atoms with Crippen molar-refractivity contribution in [3.8, 4) is 0 Å². The Kier molecular flexibility index (Phi) is 8.31. The first-order chi connectivity index (χ1) is 14.8. The number of halogens is 1. The SMILES string of the molecule is CS(=O)(=O)Nc1cc(C(=O)NCCCN2CCN(Cc3ccccc3)CC2)ccc1Cl. The van der Waals surface area contributed by atoms with E-state index in [1.165, 1.54) is 17.7 Å². The summed E-state index contributed by atoms with van der Waals surface area (Å²) in [6.07, 6.45) is 1.89. The molecular weight excluding hydrogens is 436 g/mol. The maximum Gasteiger partial charge on any atom is 0.251 e. The van der Waals surface area contributed by atoms with Gasteiger partial charge < -0.3 is 10.2 Å². The molecule has 1 amide bonds. The zero-order valence-electron chi connectivity index (χ0n) is 17.7. The van der Waals surface area contributed by atoms with Crippen LogP contribution in [0.3, 0.4) is 0 Å². The van der Waals surface area contributed by atoms with Crippen LogP contribution in [-0.2, 0) is 16.6 Å². The molecule has 2 N–H and O–H groups in total. The molecular formula is C22H29ClN4O3S. The van der Waals surface area contributed by atoms with Crippen molar-refractivity contribution in [2.24, 2.45) is 0 Å². The molecule has 0 radical (unpaired) electrons. The molecule has 3 rings (SSSR count). The number of nitrogens with zero attached hydrogens (tertiary/aromatic N) is 2. The molecule has 0 unspecified atom stereocenters. The summed E-state index contributed by atoms with van der Waals surface area (Å²) in [4.78, 5) is 17.3. The van der Waals surface area contributed by atoms with Crippen molar-refractivity contribution in [1.29, 1.82) is 0 Å². The maximum absolute atomic E-state index is 12.4. The smallest absolute Gasteiger partial charge is 0.251 e. The van der Waals surface area contributed by atoms with Crippen LogP contribution in [0.4, 0.5) is 5.69 Å². The number of benzene rings is 2. The fraction of sp³-hybridized carbons (Fsp3) is 0.409. The van der Waals surface area contributed by atoms with E-state index in [-0.39, 0.29) is 16.6 Å². The van der Waals surface area contributed by atoms with Crippen LogP contribution < -0.4 is 10.0 Å². The van der Waals surface area contributed by atoms with E-state index in [2.05, 4.69) is 44.1 Å². The van der Waals surface area contributed by atoms with E-state index >= 15 is 0 Å². The van der Waals surface area contributed by atoms with E-state index in [9.17, 15) is 13.2 Å². The molecule has 2 aromatic rings. The van der Waals surface area contributed by atoms with E-state index in [1.54, 1.807) is 6.07 Å². The van der Waals surface area contributed by atoms with E-state index in [4.69, 9.17) is 11.6 Å². The minimum atomic E-state index is -3.47. The van der Waals surface area contributed by atoms with Crippen LogP contribution in [0.25, 0.3) is 0 Å². The lowest BCUT2D eigenvalue weighted by molar-refractivity contribution is 0.0947. The first-order valence-electron chi connectivity index (χ1n) is 10.3. The van der Waals surface area contributed by atoms with Crippen molar-refractivity contribution in [1.82, 2.24) is 15.1 Å². The normalized spacial score (nSPS) is 15.5. The van der Waals surface area contributed by atoms with Gasteiger partial charge in [0.25, 0.3) is 5.91 Å². The molecule has 7 nitrogen and oxygen atoms in total. The van der Waals surface area contributed by atoms with Gasteiger partial charge in [-0.2, -0.15) is 0 Å². The monoisotopic (exact) mass is 464 g/mol. The number of rotatable bonds is 9. The number of anilines is 1.